The molecule has 150 valence electrons. The molecule has 0 unspecified atom stereocenters. The van der Waals surface area contributed by atoms with Gasteiger partial charge in [-0.25, -0.2) is 5.43 Å². The average molecular weight is 384 g/mol. The minimum absolute atomic E-state index is 0.115. The van der Waals surface area contributed by atoms with Gasteiger partial charge in [-0.05, 0) is 55.2 Å². The van der Waals surface area contributed by atoms with E-state index in [1.165, 1.54) is 11.8 Å². The fourth-order valence-electron chi connectivity index (χ4n) is 2.52. The summed E-state index contributed by atoms with van der Waals surface area (Å²) in [4.78, 5) is 12.1. The molecule has 0 heterocycles. The van der Waals surface area contributed by atoms with Crippen LogP contribution in [-0.2, 0) is 4.79 Å². The van der Waals surface area contributed by atoms with Crippen molar-refractivity contribution in [2.24, 2.45) is 5.10 Å². The van der Waals surface area contributed by atoms with E-state index < -0.39 is 0 Å². The molecule has 0 aliphatic heterocycles. The van der Waals surface area contributed by atoms with Gasteiger partial charge in [0.25, 0.3) is 5.91 Å². The minimum atomic E-state index is -0.341. The minimum Gasteiger partial charge on any atom is -0.497 e. The molecule has 1 N–H and O–H groups in total. The van der Waals surface area contributed by atoms with Gasteiger partial charge in [-0.3, -0.25) is 4.79 Å². The molecule has 28 heavy (non-hydrogen) atoms. The van der Waals surface area contributed by atoms with Crippen molar-refractivity contribution in [2.45, 2.75) is 33.6 Å². The molecule has 0 saturated heterocycles. The third kappa shape index (κ3) is 6.01. The average Bonchev–Trinajstić information content (AvgIpc) is 2.68. The molecule has 6 nitrogen and oxygen atoms in total. The van der Waals surface area contributed by atoms with E-state index in [2.05, 4.69) is 30.4 Å². The van der Waals surface area contributed by atoms with Crippen LogP contribution in [0.25, 0.3) is 0 Å². The molecule has 0 saturated carbocycles. The molecule has 0 bridgehead atoms. The largest absolute Gasteiger partial charge is 0.497 e. The summed E-state index contributed by atoms with van der Waals surface area (Å²) >= 11 is 0. The number of nitrogens with one attached hydrogen (secondary N) is 1. The van der Waals surface area contributed by atoms with Crippen molar-refractivity contribution in [1.82, 2.24) is 5.43 Å². The summed E-state index contributed by atoms with van der Waals surface area (Å²) in [5.41, 5.74) is 5.34. The fourth-order valence-corrected chi connectivity index (χ4v) is 2.52. The lowest BCUT2D eigenvalue weighted by Crippen LogP contribution is -2.24. The highest BCUT2D eigenvalue weighted by Gasteiger charge is 2.08. The Balaban J connectivity index is 1.97. The lowest BCUT2D eigenvalue weighted by atomic mass is 10.0. The fraction of sp³-hybridized carbons (Fsp3) is 0.364. The topological polar surface area (TPSA) is 69.2 Å². The molecule has 0 radical (unpaired) electrons. The standard InChI is InChI=1S/C22H28N2O4/c1-6-27-20-10-9-19(26-5)11-18(20)13-23-24-22(25)14-28-21-12-17(15(2)3)8-7-16(21)4/h7-13,15H,6,14H2,1-5H3,(H,24,25)/b23-13+. The van der Waals surface area contributed by atoms with E-state index in [-0.39, 0.29) is 12.5 Å². The summed E-state index contributed by atoms with van der Waals surface area (Å²) in [5, 5.41) is 4.00. The van der Waals surface area contributed by atoms with Gasteiger partial charge in [-0.2, -0.15) is 5.10 Å². The van der Waals surface area contributed by atoms with E-state index in [4.69, 9.17) is 14.2 Å². The molecule has 2 aromatic rings. The number of benzene rings is 2. The Labute approximate surface area is 166 Å². The number of nitrogens with zero attached hydrogens (tertiary/aromatic N) is 1. The number of ether oxygens (including phenoxy) is 3. The van der Waals surface area contributed by atoms with E-state index in [1.807, 2.05) is 32.0 Å². The number of amides is 1. The second-order valence-electron chi connectivity index (χ2n) is 6.60. The van der Waals surface area contributed by atoms with Crippen molar-refractivity contribution in [1.29, 1.82) is 0 Å². The van der Waals surface area contributed by atoms with Crippen molar-refractivity contribution < 1.29 is 19.0 Å². The van der Waals surface area contributed by atoms with E-state index in [0.29, 0.717) is 35.3 Å². The maximum Gasteiger partial charge on any atom is 0.277 e. The van der Waals surface area contributed by atoms with Gasteiger partial charge in [-0.15, -0.1) is 0 Å². The molecule has 0 atom stereocenters. The lowest BCUT2D eigenvalue weighted by molar-refractivity contribution is -0.123. The number of hydrazone groups is 1. The summed E-state index contributed by atoms with van der Waals surface area (Å²) < 4.78 is 16.4. The maximum absolute atomic E-state index is 12.1. The van der Waals surface area contributed by atoms with Crippen LogP contribution in [0.15, 0.2) is 41.5 Å². The Kier molecular flexibility index (Phi) is 7.87. The summed E-state index contributed by atoms with van der Waals surface area (Å²) in [6, 6.07) is 11.4. The molecule has 0 aromatic heterocycles. The number of aryl methyl sites for hydroxylation is 1. The Bertz CT molecular complexity index is 831. The van der Waals surface area contributed by atoms with Crippen LogP contribution in [0.3, 0.4) is 0 Å². The first-order valence-corrected chi connectivity index (χ1v) is 9.30. The van der Waals surface area contributed by atoms with Gasteiger partial charge in [0, 0.05) is 5.56 Å². The summed E-state index contributed by atoms with van der Waals surface area (Å²) in [5.74, 6) is 2.10. The number of carbonyl (C=O) groups excluding carboxylic acids is 1. The summed E-state index contributed by atoms with van der Waals surface area (Å²) in [6.45, 7) is 8.50. The van der Waals surface area contributed by atoms with Crippen LogP contribution in [0.5, 0.6) is 17.2 Å². The molecule has 2 aromatic carbocycles. The second-order valence-corrected chi connectivity index (χ2v) is 6.60. The maximum atomic E-state index is 12.1. The van der Waals surface area contributed by atoms with Gasteiger partial charge in [0.05, 0.1) is 19.9 Å². The number of hydrogen-bond acceptors (Lipinski definition) is 5. The number of carbonyl (C=O) groups is 1. The van der Waals surface area contributed by atoms with E-state index in [9.17, 15) is 4.79 Å². The lowest BCUT2D eigenvalue weighted by Gasteiger charge is -2.12. The van der Waals surface area contributed by atoms with Crippen LogP contribution in [0.2, 0.25) is 0 Å². The number of hydrogen-bond donors (Lipinski definition) is 1. The molecular formula is C22H28N2O4. The molecule has 0 aliphatic carbocycles. The first-order chi connectivity index (χ1) is 13.4. The molecule has 0 fully saturated rings. The first-order valence-electron chi connectivity index (χ1n) is 9.30. The zero-order chi connectivity index (χ0) is 20.5. The number of rotatable bonds is 9. The third-order valence-corrected chi connectivity index (χ3v) is 4.15. The molecule has 6 heteroatoms. The zero-order valence-electron chi connectivity index (χ0n) is 17.1. The predicted octanol–water partition coefficient (Wildman–Crippen LogP) is 4.05. The molecule has 1 amide bonds. The van der Waals surface area contributed by atoms with Gasteiger partial charge in [-0.1, -0.05) is 26.0 Å². The second kappa shape index (κ2) is 10.3. The Morgan fingerprint density at radius 3 is 2.61 bits per heavy atom. The van der Waals surface area contributed by atoms with E-state index in [0.717, 1.165) is 5.56 Å². The van der Waals surface area contributed by atoms with E-state index in [1.54, 1.807) is 19.2 Å². The Morgan fingerprint density at radius 1 is 1.14 bits per heavy atom. The highest BCUT2D eigenvalue weighted by Crippen LogP contribution is 2.24. The van der Waals surface area contributed by atoms with Crippen LogP contribution >= 0.6 is 0 Å². The molecule has 2 rings (SSSR count). The van der Waals surface area contributed by atoms with Crippen LogP contribution in [0.1, 0.15) is 43.4 Å². The van der Waals surface area contributed by atoms with Gasteiger partial charge in [0.15, 0.2) is 6.61 Å². The molecule has 0 spiro atoms. The van der Waals surface area contributed by atoms with Crippen molar-refractivity contribution in [3.8, 4) is 17.2 Å². The Morgan fingerprint density at radius 2 is 1.93 bits per heavy atom. The molecular weight excluding hydrogens is 356 g/mol. The Hall–Kier alpha value is -3.02. The van der Waals surface area contributed by atoms with Crippen molar-refractivity contribution >= 4 is 12.1 Å². The van der Waals surface area contributed by atoms with Crippen LogP contribution in [-0.4, -0.2) is 32.4 Å². The van der Waals surface area contributed by atoms with Gasteiger partial charge in [0.1, 0.15) is 17.2 Å². The normalized spacial score (nSPS) is 10.9. The summed E-state index contributed by atoms with van der Waals surface area (Å²) in [7, 11) is 1.59. The first kappa shape index (κ1) is 21.3. The predicted molar refractivity (Wildman–Crippen MR) is 111 cm³/mol. The van der Waals surface area contributed by atoms with Crippen molar-refractivity contribution in [3.63, 3.8) is 0 Å². The molecule has 0 aliphatic rings. The van der Waals surface area contributed by atoms with Gasteiger partial charge < -0.3 is 14.2 Å². The van der Waals surface area contributed by atoms with Crippen molar-refractivity contribution in [2.75, 3.05) is 20.3 Å². The quantitative estimate of drug-likeness (QED) is 0.523. The van der Waals surface area contributed by atoms with Crippen LogP contribution in [0, 0.1) is 6.92 Å². The van der Waals surface area contributed by atoms with Crippen molar-refractivity contribution in [3.05, 3.63) is 53.1 Å². The smallest absolute Gasteiger partial charge is 0.277 e. The highest BCUT2D eigenvalue weighted by molar-refractivity contribution is 5.86. The van der Waals surface area contributed by atoms with Crippen LogP contribution < -0.4 is 19.6 Å². The zero-order valence-corrected chi connectivity index (χ0v) is 17.1. The van der Waals surface area contributed by atoms with Gasteiger partial charge >= 0.3 is 0 Å². The van der Waals surface area contributed by atoms with Crippen LogP contribution in [0.4, 0.5) is 0 Å². The number of methoxy groups -OCH3 is 1. The highest BCUT2D eigenvalue weighted by atomic mass is 16.5. The summed E-state index contributed by atoms with van der Waals surface area (Å²) in [6.07, 6.45) is 1.52. The third-order valence-electron chi connectivity index (χ3n) is 4.15. The van der Waals surface area contributed by atoms with E-state index >= 15 is 0 Å². The van der Waals surface area contributed by atoms with Gasteiger partial charge in [0.2, 0.25) is 0 Å². The monoisotopic (exact) mass is 384 g/mol. The SMILES string of the molecule is CCOc1ccc(OC)cc1/C=N/NC(=O)COc1cc(C(C)C)ccc1C.